The van der Waals surface area contributed by atoms with Crippen molar-refractivity contribution in [3.63, 3.8) is 0 Å². The lowest BCUT2D eigenvalue weighted by atomic mass is 10.1. The fourth-order valence-electron chi connectivity index (χ4n) is 1.89. The number of hydrogen-bond donors (Lipinski definition) is 1. The summed E-state index contributed by atoms with van der Waals surface area (Å²) in [6.07, 6.45) is 3.20. The lowest BCUT2D eigenvalue weighted by molar-refractivity contribution is -0.385. The average Bonchev–Trinajstić information content (AvgIpc) is 2.47. The number of benzene rings is 1. The highest BCUT2D eigenvalue weighted by atomic mass is 16.6. The van der Waals surface area contributed by atoms with Crippen LogP contribution in [0.1, 0.15) is 15.9 Å². The molecule has 1 amide bonds. The Hall–Kier alpha value is -2.96. The molecule has 1 N–H and O–H groups in total. The van der Waals surface area contributed by atoms with E-state index in [0.717, 1.165) is 17.7 Å². The van der Waals surface area contributed by atoms with Gasteiger partial charge in [0.15, 0.2) is 0 Å². The predicted molar refractivity (Wildman–Crippen MR) is 74.8 cm³/mol. The lowest BCUT2D eigenvalue weighted by Crippen LogP contribution is -2.26. The molecule has 0 spiro atoms. The van der Waals surface area contributed by atoms with Gasteiger partial charge in [-0.25, -0.2) is 0 Å². The molecule has 0 bridgehead atoms. The molecule has 1 aromatic heterocycles. The third-order valence-electron chi connectivity index (χ3n) is 2.92. The summed E-state index contributed by atoms with van der Waals surface area (Å²) >= 11 is 0. The van der Waals surface area contributed by atoms with E-state index in [1.165, 1.54) is 18.0 Å². The van der Waals surface area contributed by atoms with E-state index in [-0.39, 0.29) is 23.5 Å². The van der Waals surface area contributed by atoms with Crippen molar-refractivity contribution in [1.29, 1.82) is 0 Å². The van der Waals surface area contributed by atoms with E-state index < -0.39 is 10.8 Å². The number of nitrogens with zero attached hydrogens (tertiary/aromatic N) is 3. The Balaban J connectivity index is 2.27. The zero-order valence-electron chi connectivity index (χ0n) is 11.3. The molecule has 0 saturated heterocycles. The molecule has 0 aliphatic carbocycles. The number of nitro groups is 1. The van der Waals surface area contributed by atoms with Gasteiger partial charge in [-0.2, -0.15) is 0 Å². The maximum Gasteiger partial charge on any atom is 0.282 e. The molecule has 108 valence electrons. The largest absolute Gasteiger partial charge is 0.508 e. The Morgan fingerprint density at radius 2 is 2.00 bits per heavy atom. The van der Waals surface area contributed by atoms with E-state index in [1.807, 2.05) is 0 Å². The number of hydrogen-bond acceptors (Lipinski definition) is 5. The van der Waals surface area contributed by atoms with E-state index in [1.54, 1.807) is 24.5 Å². The number of carbonyl (C=O) groups excluding carboxylic acids is 1. The number of aromatic nitrogens is 1. The second-order valence-electron chi connectivity index (χ2n) is 4.48. The number of phenolic OH excluding ortho intramolecular Hbond substituents is 1. The maximum absolute atomic E-state index is 12.3. The Kier molecular flexibility index (Phi) is 4.13. The van der Waals surface area contributed by atoms with Gasteiger partial charge in [0.1, 0.15) is 11.3 Å². The van der Waals surface area contributed by atoms with Crippen LogP contribution in [0, 0.1) is 10.1 Å². The summed E-state index contributed by atoms with van der Waals surface area (Å²) in [7, 11) is 1.54. The number of phenols is 1. The minimum absolute atomic E-state index is 0.142. The number of nitro benzene ring substituents is 1. The van der Waals surface area contributed by atoms with Crippen LogP contribution < -0.4 is 0 Å². The number of aromatic hydroxyl groups is 1. The summed E-state index contributed by atoms with van der Waals surface area (Å²) in [4.78, 5) is 27.9. The molecular weight excluding hydrogens is 274 g/mol. The molecule has 0 radical (unpaired) electrons. The standard InChI is InChI=1S/C14H13N3O4/c1-16(9-10-4-6-15-7-5-10)14(19)12-8-11(18)2-3-13(12)17(20)21/h2-8,18H,9H2,1H3. The first kappa shape index (κ1) is 14.4. The van der Waals surface area contributed by atoms with Gasteiger partial charge in [-0.15, -0.1) is 0 Å². The van der Waals surface area contributed by atoms with Gasteiger partial charge in [-0.3, -0.25) is 19.9 Å². The van der Waals surface area contributed by atoms with Crippen LogP contribution in [0.2, 0.25) is 0 Å². The van der Waals surface area contributed by atoms with Crippen LogP contribution in [-0.2, 0) is 6.54 Å². The van der Waals surface area contributed by atoms with Gasteiger partial charge in [-0.1, -0.05) is 0 Å². The van der Waals surface area contributed by atoms with E-state index >= 15 is 0 Å². The predicted octanol–water partition coefficient (Wildman–Crippen LogP) is 1.97. The number of pyridine rings is 1. The topological polar surface area (TPSA) is 96.6 Å². The Bertz CT molecular complexity index is 673. The van der Waals surface area contributed by atoms with Crippen molar-refractivity contribution >= 4 is 11.6 Å². The van der Waals surface area contributed by atoms with Gasteiger partial charge in [0.05, 0.1) is 4.92 Å². The Labute approximate surface area is 120 Å². The van der Waals surface area contributed by atoms with E-state index in [9.17, 15) is 20.0 Å². The SMILES string of the molecule is CN(Cc1ccncc1)C(=O)c1cc(O)ccc1[N+](=O)[O-]. The van der Waals surface area contributed by atoms with Crippen molar-refractivity contribution in [3.8, 4) is 5.75 Å². The fourth-order valence-corrected chi connectivity index (χ4v) is 1.89. The smallest absolute Gasteiger partial charge is 0.282 e. The normalized spacial score (nSPS) is 10.1. The van der Waals surface area contributed by atoms with Crippen LogP contribution >= 0.6 is 0 Å². The van der Waals surface area contributed by atoms with Crippen molar-refractivity contribution in [2.24, 2.45) is 0 Å². The molecule has 7 heteroatoms. The van der Waals surface area contributed by atoms with Gasteiger partial charge < -0.3 is 10.0 Å². The summed E-state index contributed by atoms with van der Waals surface area (Å²) < 4.78 is 0. The molecule has 0 saturated carbocycles. The van der Waals surface area contributed by atoms with Gasteiger partial charge in [0.25, 0.3) is 11.6 Å². The molecule has 7 nitrogen and oxygen atoms in total. The van der Waals surface area contributed by atoms with Gasteiger partial charge in [-0.05, 0) is 29.8 Å². The van der Waals surface area contributed by atoms with Gasteiger partial charge in [0.2, 0.25) is 0 Å². The highest BCUT2D eigenvalue weighted by molar-refractivity contribution is 5.98. The average molecular weight is 287 g/mol. The minimum Gasteiger partial charge on any atom is -0.508 e. The molecule has 0 aliphatic heterocycles. The summed E-state index contributed by atoms with van der Waals surface area (Å²) in [5, 5.41) is 20.4. The second kappa shape index (κ2) is 6.00. The lowest BCUT2D eigenvalue weighted by Gasteiger charge is -2.17. The molecule has 0 fully saturated rings. The van der Waals surface area contributed by atoms with Crippen molar-refractivity contribution in [1.82, 2.24) is 9.88 Å². The molecule has 0 atom stereocenters. The van der Waals surface area contributed by atoms with Crippen LogP contribution in [0.3, 0.4) is 0 Å². The summed E-state index contributed by atoms with van der Waals surface area (Å²) in [5.41, 5.74) is 0.375. The minimum atomic E-state index is -0.646. The second-order valence-corrected chi connectivity index (χ2v) is 4.48. The van der Waals surface area contributed by atoms with Crippen molar-refractivity contribution in [2.75, 3.05) is 7.05 Å². The monoisotopic (exact) mass is 287 g/mol. The fraction of sp³-hybridized carbons (Fsp3) is 0.143. The highest BCUT2D eigenvalue weighted by Gasteiger charge is 2.23. The maximum atomic E-state index is 12.3. The number of carbonyl (C=O) groups is 1. The van der Waals surface area contributed by atoms with Crippen molar-refractivity contribution in [3.05, 3.63) is 64.0 Å². The highest BCUT2D eigenvalue weighted by Crippen LogP contribution is 2.24. The van der Waals surface area contributed by atoms with Crippen LogP contribution in [0.4, 0.5) is 5.69 Å². The van der Waals surface area contributed by atoms with Crippen LogP contribution in [0.15, 0.2) is 42.7 Å². The molecule has 1 aromatic carbocycles. The number of amides is 1. The first-order valence-electron chi connectivity index (χ1n) is 6.11. The van der Waals surface area contributed by atoms with E-state index in [2.05, 4.69) is 4.98 Å². The molecule has 21 heavy (non-hydrogen) atoms. The van der Waals surface area contributed by atoms with Crippen molar-refractivity contribution in [2.45, 2.75) is 6.54 Å². The quantitative estimate of drug-likeness (QED) is 0.685. The van der Waals surface area contributed by atoms with E-state index in [0.29, 0.717) is 0 Å². The number of rotatable bonds is 4. The Morgan fingerprint density at radius 1 is 1.33 bits per heavy atom. The van der Waals surface area contributed by atoms with Crippen LogP contribution in [0.25, 0.3) is 0 Å². The molecule has 0 unspecified atom stereocenters. The molecule has 2 rings (SSSR count). The summed E-state index contributed by atoms with van der Waals surface area (Å²) in [5.74, 6) is -0.726. The third kappa shape index (κ3) is 3.33. The Morgan fingerprint density at radius 3 is 2.62 bits per heavy atom. The van der Waals surface area contributed by atoms with Crippen LogP contribution in [0.5, 0.6) is 5.75 Å². The zero-order chi connectivity index (χ0) is 15.4. The molecule has 2 aromatic rings. The third-order valence-corrected chi connectivity index (χ3v) is 2.92. The molecular formula is C14H13N3O4. The summed E-state index contributed by atoms with van der Waals surface area (Å²) in [6.45, 7) is 0.286. The van der Waals surface area contributed by atoms with Gasteiger partial charge in [0, 0.05) is 32.1 Å². The van der Waals surface area contributed by atoms with Crippen molar-refractivity contribution < 1.29 is 14.8 Å². The van der Waals surface area contributed by atoms with Crippen LogP contribution in [-0.4, -0.2) is 32.9 Å². The van der Waals surface area contributed by atoms with E-state index in [4.69, 9.17) is 0 Å². The molecule has 1 heterocycles. The first-order valence-corrected chi connectivity index (χ1v) is 6.11. The first-order chi connectivity index (χ1) is 9.99. The molecule has 0 aliphatic rings. The van der Waals surface area contributed by atoms with Gasteiger partial charge >= 0.3 is 0 Å². The summed E-state index contributed by atoms with van der Waals surface area (Å²) in [6, 6.07) is 6.89. The zero-order valence-corrected chi connectivity index (χ0v) is 11.3.